The summed E-state index contributed by atoms with van der Waals surface area (Å²) in [4.78, 5) is 25.2. The standard InChI is InChI=1S/C29H28N4O7/c1-2-28(36)40-19-39-24-10-4-7-21(13-24)15-27-31-26(14-20-6-3-9-23(12-20)37-17-34)32-29(33-27)30-22-8-5-11-25(16-22)38-18-35/h2-13,16,34-35H,1,14-15,17-19H2,(H,30,31,32,33). The van der Waals surface area contributed by atoms with Gasteiger partial charge in [0.15, 0.2) is 13.6 Å². The number of aliphatic hydroxyl groups is 2. The molecule has 4 aromatic rings. The molecule has 0 fully saturated rings. The molecule has 3 N–H and O–H groups in total. The molecule has 0 aliphatic rings. The van der Waals surface area contributed by atoms with Gasteiger partial charge in [-0.3, -0.25) is 0 Å². The molecule has 0 amide bonds. The molecule has 0 aliphatic heterocycles. The third-order valence-corrected chi connectivity index (χ3v) is 5.40. The maximum atomic E-state index is 11.3. The number of benzene rings is 3. The third kappa shape index (κ3) is 8.51. The molecule has 4 rings (SSSR count). The van der Waals surface area contributed by atoms with Crippen LogP contribution in [0.2, 0.25) is 0 Å². The van der Waals surface area contributed by atoms with E-state index in [0.717, 1.165) is 17.2 Å². The van der Waals surface area contributed by atoms with Crippen LogP contribution in [0.4, 0.5) is 11.6 Å². The van der Waals surface area contributed by atoms with E-state index in [0.29, 0.717) is 53.4 Å². The van der Waals surface area contributed by atoms with Gasteiger partial charge in [0.2, 0.25) is 12.7 Å². The van der Waals surface area contributed by atoms with Gasteiger partial charge < -0.3 is 34.5 Å². The summed E-state index contributed by atoms with van der Waals surface area (Å²) in [5, 5.41) is 21.3. The van der Waals surface area contributed by atoms with Crippen molar-refractivity contribution >= 4 is 17.6 Å². The van der Waals surface area contributed by atoms with Gasteiger partial charge in [-0.2, -0.15) is 9.97 Å². The minimum atomic E-state index is -0.573. The number of nitrogens with zero attached hydrogens (tertiary/aromatic N) is 3. The molecule has 0 radical (unpaired) electrons. The summed E-state index contributed by atoms with van der Waals surface area (Å²) >= 11 is 0. The van der Waals surface area contributed by atoms with E-state index in [4.69, 9.17) is 29.2 Å². The van der Waals surface area contributed by atoms with Crippen LogP contribution in [0.3, 0.4) is 0 Å². The van der Waals surface area contributed by atoms with Crippen molar-refractivity contribution in [2.24, 2.45) is 0 Å². The van der Waals surface area contributed by atoms with Crippen molar-refractivity contribution in [2.75, 3.05) is 25.7 Å². The van der Waals surface area contributed by atoms with E-state index < -0.39 is 19.6 Å². The second-order valence-corrected chi connectivity index (χ2v) is 8.27. The average molecular weight is 545 g/mol. The lowest BCUT2D eigenvalue weighted by atomic mass is 10.1. The van der Waals surface area contributed by atoms with Crippen molar-refractivity contribution in [2.45, 2.75) is 12.8 Å². The molecule has 0 saturated carbocycles. The van der Waals surface area contributed by atoms with E-state index in [1.54, 1.807) is 30.3 Å². The maximum absolute atomic E-state index is 11.3. The number of ether oxygens (including phenoxy) is 4. The van der Waals surface area contributed by atoms with Gasteiger partial charge in [0.1, 0.15) is 28.9 Å². The van der Waals surface area contributed by atoms with Gasteiger partial charge in [0, 0.05) is 30.7 Å². The number of aliphatic hydroxyl groups excluding tert-OH is 2. The molecule has 11 nitrogen and oxygen atoms in total. The molecule has 1 heterocycles. The SMILES string of the molecule is C=CC(=O)OCOc1cccc(Cc2nc(Cc3cccc(OCO)c3)nc(Nc3cccc(OCO)c3)n2)c1. The highest BCUT2D eigenvalue weighted by Crippen LogP contribution is 2.22. The van der Waals surface area contributed by atoms with Crippen molar-refractivity contribution in [3.8, 4) is 17.2 Å². The number of rotatable bonds is 14. The Morgan fingerprint density at radius 3 is 1.90 bits per heavy atom. The minimum absolute atomic E-state index is 0.240. The summed E-state index contributed by atoms with van der Waals surface area (Å²) in [5.74, 6) is 2.31. The van der Waals surface area contributed by atoms with Crippen molar-refractivity contribution in [1.29, 1.82) is 0 Å². The fourth-order valence-corrected chi connectivity index (χ4v) is 3.69. The Morgan fingerprint density at radius 1 is 0.775 bits per heavy atom. The van der Waals surface area contributed by atoms with Gasteiger partial charge in [0.25, 0.3) is 0 Å². The Morgan fingerprint density at radius 2 is 1.32 bits per heavy atom. The molecule has 0 unspecified atom stereocenters. The predicted octanol–water partition coefficient (Wildman–Crippen LogP) is 3.52. The van der Waals surface area contributed by atoms with Gasteiger partial charge in [0.05, 0.1) is 0 Å². The number of hydrogen-bond donors (Lipinski definition) is 3. The summed E-state index contributed by atoms with van der Waals surface area (Å²) < 4.78 is 20.8. The highest BCUT2D eigenvalue weighted by atomic mass is 16.7. The van der Waals surface area contributed by atoms with E-state index >= 15 is 0 Å². The second-order valence-electron chi connectivity index (χ2n) is 8.27. The molecule has 11 heteroatoms. The van der Waals surface area contributed by atoms with Crippen LogP contribution >= 0.6 is 0 Å². The lowest BCUT2D eigenvalue weighted by molar-refractivity contribution is -0.144. The van der Waals surface area contributed by atoms with Crippen LogP contribution < -0.4 is 19.5 Å². The summed E-state index contributed by atoms with van der Waals surface area (Å²) in [5.41, 5.74) is 2.42. The first kappa shape index (κ1) is 28.0. The number of carbonyl (C=O) groups is 1. The Hall–Kier alpha value is -5.00. The molecule has 0 atom stereocenters. The molecule has 206 valence electrons. The minimum Gasteiger partial charge on any atom is -0.468 e. The zero-order valence-electron chi connectivity index (χ0n) is 21.5. The maximum Gasteiger partial charge on any atom is 0.333 e. The largest absolute Gasteiger partial charge is 0.468 e. The van der Waals surface area contributed by atoms with E-state index in [9.17, 15) is 4.79 Å². The number of esters is 1. The lowest BCUT2D eigenvalue weighted by Gasteiger charge is -2.12. The number of aromatic nitrogens is 3. The van der Waals surface area contributed by atoms with Gasteiger partial charge in [-0.25, -0.2) is 9.78 Å². The van der Waals surface area contributed by atoms with Crippen molar-refractivity contribution < 1.29 is 34.0 Å². The molecule has 3 aromatic carbocycles. The van der Waals surface area contributed by atoms with E-state index in [1.165, 1.54) is 0 Å². The summed E-state index contributed by atoms with van der Waals surface area (Å²) in [7, 11) is 0. The summed E-state index contributed by atoms with van der Waals surface area (Å²) in [6, 6.07) is 21.6. The van der Waals surface area contributed by atoms with Crippen LogP contribution in [0.5, 0.6) is 17.2 Å². The smallest absolute Gasteiger partial charge is 0.333 e. The highest BCUT2D eigenvalue weighted by Gasteiger charge is 2.11. The number of carbonyl (C=O) groups excluding carboxylic acids is 1. The first-order chi connectivity index (χ1) is 19.5. The summed E-state index contributed by atoms with van der Waals surface area (Å²) in [6.07, 6.45) is 1.82. The molecule has 0 bridgehead atoms. The van der Waals surface area contributed by atoms with E-state index in [-0.39, 0.29) is 6.79 Å². The van der Waals surface area contributed by atoms with Gasteiger partial charge >= 0.3 is 5.97 Å². The molecule has 0 spiro atoms. The van der Waals surface area contributed by atoms with E-state index in [2.05, 4.69) is 26.8 Å². The van der Waals surface area contributed by atoms with Crippen LogP contribution in [0.1, 0.15) is 22.8 Å². The monoisotopic (exact) mass is 544 g/mol. The Balaban J connectivity index is 1.58. The van der Waals surface area contributed by atoms with Crippen molar-refractivity contribution in [3.63, 3.8) is 0 Å². The van der Waals surface area contributed by atoms with Gasteiger partial charge in [-0.1, -0.05) is 36.9 Å². The molecule has 0 aliphatic carbocycles. The Bertz CT molecular complexity index is 1380. The van der Waals surface area contributed by atoms with Crippen LogP contribution in [-0.4, -0.2) is 51.5 Å². The molecule has 0 saturated heterocycles. The van der Waals surface area contributed by atoms with E-state index in [1.807, 2.05) is 42.5 Å². The predicted molar refractivity (Wildman–Crippen MR) is 145 cm³/mol. The first-order valence-corrected chi connectivity index (χ1v) is 12.2. The normalized spacial score (nSPS) is 10.4. The fourth-order valence-electron chi connectivity index (χ4n) is 3.69. The topological polar surface area (TPSA) is 145 Å². The quantitative estimate of drug-likeness (QED) is 0.122. The van der Waals surface area contributed by atoms with Crippen LogP contribution in [0, 0.1) is 0 Å². The zero-order chi connectivity index (χ0) is 28.2. The molecular formula is C29H28N4O7. The molecule has 1 aromatic heterocycles. The molecular weight excluding hydrogens is 516 g/mol. The Kier molecular flexibility index (Phi) is 9.97. The summed E-state index contributed by atoms with van der Waals surface area (Å²) in [6.45, 7) is 2.25. The van der Waals surface area contributed by atoms with Crippen LogP contribution in [0.15, 0.2) is 85.5 Å². The molecule has 40 heavy (non-hydrogen) atoms. The second kappa shape index (κ2) is 14.2. The van der Waals surface area contributed by atoms with Crippen molar-refractivity contribution in [1.82, 2.24) is 15.0 Å². The van der Waals surface area contributed by atoms with Crippen molar-refractivity contribution in [3.05, 3.63) is 108 Å². The first-order valence-electron chi connectivity index (χ1n) is 12.2. The van der Waals surface area contributed by atoms with Crippen LogP contribution in [-0.2, 0) is 22.4 Å². The number of hydrogen-bond acceptors (Lipinski definition) is 11. The number of nitrogens with one attached hydrogen (secondary N) is 1. The Labute approximate surface area is 230 Å². The average Bonchev–Trinajstić information content (AvgIpc) is 2.94. The third-order valence-electron chi connectivity index (χ3n) is 5.40. The van der Waals surface area contributed by atoms with Gasteiger partial charge in [-0.15, -0.1) is 0 Å². The number of anilines is 2. The lowest BCUT2D eigenvalue weighted by Crippen LogP contribution is -2.09. The zero-order valence-corrected chi connectivity index (χ0v) is 21.5. The fraction of sp³-hybridized carbons (Fsp3) is 0.172. The highest BCUT2D eigenvalue weighted by molar-refractivity contribution is 5.81. The van der Waals surface area contributed by atoms with Gasteiger partial charge in [-0.05, 0) is 47.5 Å². The van der Waals surface area contributed by atoms with Crippen LogP contribution in [0.25, 0.3) is 0 Å².